The van der Waals surface area contributed by atoms with Gasteiger partial charge in [-0.1, -0.05) is 13.0 Å². The first-order valence-corrected chi connectivity index (χ1v) is 5.34. The van der Waals surface area contributed by atoms with Crippen LogP contribution in [0.2, 0.25) is 0 Å². The molecule has 0 saturated carbocycles. The van der Waals surface area contributed by atoms with Gasteiger partial charge in [0, 0.05) is 0 Å². The Morgan fingerprint density at radius 3 is 2.41 bits per heavy atom. The molecule has 0 saturated heterocycles. The highest BCUT2D eigenvalue weighted by molar-refractivity contribution is 5.37. The Morgan fingerprint density at radius 2 is 2.00 bits per heavy atom. The number of benzene rings is 1. The second-order valence-electron chi connectivity index (χ2n) is 3.75. The zero-order valence-corrected chi connectivity index (χ0v) is 10.1. The van der Waals surface area contributed by atoms with Crippen LogP contribution >= 0.6 is 0 Å². The molecule has 0 aliphatic rings. The van der Waals surface area contributed by atoms with Gasteiger partial charge < -0.3 is 10.1 Å². The van der Waals surface area contributed by atoms with Crippen LogP contribution in [0.1, 0.15) is 24.1 Å². The molecule has 5 heteroatoms. The van der Waals surface area contributed by atoms with Crippen LogP contribution in [-0.4, -0.2) is 19.8 Å². The molecule has 96 valence electrons. The molecule has 0 spiro atoms. The maximum atomic E-state index is 12.9. The maximum absolute atomic E-state index is 12.9. The van der Waals surface area contributed by atoms with Crippen LogP contribution in [-0.2, 0) is 0 Å². The van der Waals surface area contributed by atoms with E-state index in [4.69, 9.17) is 4.74 Å². The third kappa shape index (κ3) is 3.36. The van der Waals surface area contributed by atoms with E-state index in [1.54, 1.807) is 26.0 Å². The number of nitrogens with one attached hydrogen (secondary N) is 1. The van der Waals surface area contributed by atoms with Crippen molar-refractivity contribution >= 4 is 0 Å². The maximum Gasteiger partial charge on any atom is 0.407 e. The second kappa shape index (κ2) is 5.40. The Balaban J connectivity index is 3.10. The summed E-state index contributed by atoms with van der Waals surface area (Å²) >= 11 is 0. The van der Waals surface area contributed by atoms with Crippen LogP contribution < -0.4 is 10.1 Å². The largest absolute Gasteiger partial charge is 0.497 e. The van der Waals surface area contributed by atoms with Gasteiger partial charge in [0.2, 0.25) is 0 Å². The van der Waals surface area contributed by atoms with E-state index in [2.05, 4.69) is 5.32 Å². The predicted octanol–water partition coefficient (Wildman–Crippen LogP) is 3.22. The number of ether oxygens (including phenoxy) is 1. The molecule has 0 aromatic heterocycles. The summed E-state index contributed by atoms with van der Waals surface area (Å²) in [7, 11) is 1.49. The van der Waals surface area contributed by atoms with E-state index in [9.17, 15) is 13.2 Å². The average molecular weight is 247 g/mol. The molecule has 0 bridgehead atoms. The molecule has 1 N–H and O–H groups in total. The fraction of sp³-hybridized carbons (Fsp3) is 0.500. The minimum atomic E-state index is -4.30. The first kappa shape index (κ1) is 13.8. The predicted molar refractivity (Wildman–Crippen MR) is 60.2 cm³/mol. The molecule has 2 nitrogen and oxygen atoms in total. The molecule has 0 aliphatic heterocycles. The van der Waals surface area contributed by atoms with E-state index in [1.807, 2.05) is 0 Å². The standard InChI is InChI=1S/C12H16F3NO/c1-4-16-11(12(13,14)15)10-6-5-9(17-3)7-8(10)2/h5-7,11,16H,4H2,1-3H3. The molecular weight excluding hydrogens is 231 g/mol. The Kier molecular flexibility index (Phi) is 4.40. The quantitative estimate of drug-likeness (QED) is 0.882. The summed E-state index contributed by atoms with van der Waals surface area (Å²) in [6, 6.07) is 2.97. The molecule has 0 radical (unpaired) electrons. The van der Waals surface area contributed by atoms with Gasteiger partial charge in [-0.3, -0.25) is 0 Å². The molecule has 0 aliphatic carbocycles. The fourth-order valence-electron chi connectivity index (χ4n) is 1.71. The molecule has 1 aromatic rings. The third-order valence-corrected chi connectivity index (χ3v) is 2.52. The van der Waals surface area contributed by atoms with Gasteiger partial charge in [-0.15, -0.1) is 0 Å². The number of methoxy groups -OCH3 is 1. The van der Waals surface area contributed by atoms with Crippen LogP contribution in [0.25, 0.3) is 0 Å². The normalized spacial score (nSPS) is 13.5. The third-order valence-electron chi connectivity index (χ3n) is 2.52. The summed E-state index contributed by atoms with van der Waals surface area (Å²) in [6.45, 7) is 3.56. The minimum Gasteiger partial charge on any atom is -0.497 e. The molecule has 0 amide bonds. The van der Waals surface area contributed by atoms with Crippen molar-refractivity contribution < 1.29 is 17.9 Å². The van der Waals surface area contributed by atoms with Crippen molar-refractivity contribution in [2.45, 2.75) is 26.1 Å². The highest BCUT2D eigenvalue weighted by Crippen LogP contribution is 2.35. The molecule has 0 fully saturated rings. The second-order valence-corrected chi connectivity index (χ2v) is 3.75. The first-order chi connectivity index (χ1) is 7.90. The molecule has 1 rings (SSSR count). The lowest BCUT2D eigenvalue weighted by atomic mass is 10.0. The lowest BCUT2D eigenvalue weighted by molar-refractivity contribution is -0.157. The van der Waals surface area contributed by atoms with Gasteiger partial charge in [0.25, 0.3) is 0 Å². The van der Waals surface area contributed by atoms with Crippen LogP contribution in [0.5, 0.6) is 5.75 Å². The zero-order chi connectivity index (χ0) is 13.1. The summed E-state index contributed by atoms with van der Waals surface area (Å²) in [5.74, 6) is 0.559. The summed E-state index contributed by atoms with van der Waals surface area (Å²) in [6.07, 6.45) is -4.30. The number of hydrogen-bond donors (Lipinski definition) is 1. The topological polar surface area (TPSA) is 21.3 Å². The van der Waals surface area contributed by atoms with Gasteiger partial charge in [0.05, 0.1) is 7.11 Å². The summed E-state index contributed by atoms with van der Waals surface area (Å²) < 4.78 is 43.6. The van der Waals surface area contributed by atoms with E-state index in [1.165, 1.54) is 13.2 Å². The number of alkyl halides is 3. The van der Waals surface area contributed by atoms with Crippen LogP contribution in [0.4, 0.5) is 13.2 Å². The molecule has 1 unspecified atom stereocenters. The van der Waals surface area contributed by atoms with Crippen molar-refractivity contribution in [2.75, 3.05) is 13.7 Å². The van der Waals surface area contributed by atoms with Crippen molar-refractivity contribution in [3.8, 4) is 5.75 Å². The van der Waals surface area contributed by atoms with Gasteiger partial charge in [-0.25, -0.2) is 0 Å². The van der Waals surface area contributed by atoms with Crippen molar-refractivity contribution in [1.82, 2.24) is 5.32 Å². The van der Waals surface area contributed by atoms with Crippen molar-refractivity contribution in [3.05, 3.63) is 29.3 Å². The summed E-state index contributed by atoms with van der Waals surface area (Å²) in [5.41, 5.74) is 0.799. The van der Waals surface area contributed by atoms with Crippen LogP contribution in [0.15, 0.2) is 18.2 Å². The fourth-order valence-corrected chi connectivity index (χ4v) is 1.71. The van der Waals surface area contributed by atoms with Gasteiger partial charge in [0.15, 0.2) is 0 Å². The summed E-state index contributed by atoms with van der Waals surface area (Å²) in [5, 5.41) is 2.45. The monoisotopic (exact) mass is 247 g/mol. The van der Waals surface area contributed by atoms with E-state index in [-0.39, 0.29) is 12.1 Å². The molecule has 1 aromatic carbocycles. The summed E-state index contributed by atoms with van der Waals surface area (Å²) in [4.78, 5) is 0. The molecule has 0 heterocycles. The van der Waals surface area contributed by atoms with Crippen LogP contribution in [0, 0.1) is 6.92 Å². The number of aryl methyl sites for hydroxylation is 1. The van der Waals surface area contributed by atoms with Crippen molar-refractivity contribution in [1.29, 1.82) is 0 Å². The number of rotatable bonds is 4. The zero-order valence-electron chi connectivity index (χ0n) is 10.1. The Morgan fingerprint density at radius 1 is 1.35 bits per heavy atom. The number of halogens is 3. The van der Waals surface area contributed by atoms with Crippen molar-refractivity contribution in [2.24, 2.45) is 0 Å². The van der Waals surface area contributed by atoms with Gasteiger partial charge in [-0.2, -0.15) is 13.2 Å². The average Bonchev–Trinajstić information content (AvgIpc) is 2.25. The van der Waals surface area contributed by atoms with E-state index in [0.717, 1.165) is 0 Å². The van der Waals surface area contributed by atoms with Crippen LogP contribution in [0.3, 0.4) is 0 Å². The highest BCUT2D eigenvalue weighted by Gasteiger charge is 2.40. The first-order valence-electron chi connectivity index (χ1n) is 5.34. The van der Waals surface area contributed by atoms with E-state index >= 15 is 0 Å². The Bertz CT molecular complexity index is 377. The lowest BCUT2D eigenvalue weighted by Gasteiger charge is -2.23. The van der Waals surface area contributed by atoms with Gasteiger partial charge in [-0.05, 0) is 36.7 Å². The molecule has 1 atom stereocenters. The Hall–Kier alpha value is -1.23. The highest BCUT2D eigenvalue weighted by atomic mass is 19.4. The lowest BCUT2D eigenvalue weighted by Crippen LogP contribution is -2.34. The van der Waals surface area contributed by atoms with E-state index in [0.29, 0.717) is 11.3 Å². The smallest absolute Gasteiger partial charge is 0.407 e. The molecule has 17 heavy (non-hydrogen) atoms. The van der Waals surface area contributed by atoms with E-state index < -0.39 is 12.2 Å². The van der Waals surface area contributed by atoms with Crippen molar-refractivity contribution in [3.63, 3.8) is 0 Å². The molecular formula is C12H16F3NO. The number of hydrogen-bond acceptors (Lipinski definition) is 2. The van der Waals surface area contributed by atoms with Gasteiger partial charge in [0.1, 0.15) is 11.8 Å². The SMILES string of the molecule is CCNC(c1ccc(OC)cc1C)C(F)(F)F. The minimum absolute atomic E-state index is 0.236. The Labute approximate surface area is 98.8 Å². The van der Waals surface area contributed by atoms with Gasteiger partial charge >= 0.3 is 6.18 Å².